The van der Waals surface area contributed by atoms with Gasteiger partial charge in [0.1, 0.15) is 5.82 Å². The van der Waals surface area contributed by atoms with E-state index in [0.29, 0.717) is 0 Å². The van der Waals surface area contributed by atoms with E-state index in [9.17, 15) is 14.0 Å². The van der Waals surface area contributed by atoms with Crippen LogP contribution >= 0.6 is 0 Å². The van der Waals surface area contributed by atoms with Gasteiger partial charge in [-0.15, -0.1) is 0 Å². The van der Waals surface area contributed by atoms with E-state index in [4.69, 9.17) is 11.5 Å². The molecule has 0 aliphatic heterocycles. The molecular formula is C13H18FN3O2. The third kappa shape index (κ3) is 3.75. The van der Waals surface area contributed by atoms with Crippen LogP contribution in [0.5, 0.6) is 0 Å². The van der Waals surface area contributed by atoms with Gasteiger partial charge in [-0.1, -0.05) is 20.3 Å². The number of carbonyl (C=O) groups is 2. The molecule has 0 radical (unpaired) electrons. The lowest BCUT2D eigenvalue weighted by atomic mass is 9.99. The van der Waals surface area contributed by atoms with Crippen molar-refractivity contribution in [2.45, 2.75) is 26.3 Å². The van der Waals surface area contributed by atoms with Gasteiger partial charge in [-0.05, 0) is 24.1 Å². The second-order valence-electron chi connectivity index (χ2n) is 4.46. The molecule has 1 aromatic rings. The van der Waals surface area contributed by atoms with Gasteiger partial charge in [0.05, 0.1) is 11.7 Å². The zero-order valence-electron chi connectivity index (χ0n) is 10.9. The molecule has 0 spiro atoms. The minimum Gasteiger partial charge on any atom is -0.366 e. The molecule has 2 amide bonds. The standard InChI is InChI=1S/C13H18FN3O2/c1-3-7(2)11(15)13(19)17-10-6-8(12(16)18)4-5-9(10)14/h4-7,11H,3,15H2,1-2H3,(H2,16,18)(H,17,19). The van der Waals surface area contributed by atoms with Crippen LogP contribution in [0.2, 0.25) is 0 Å². The number of hydrogen-bond acceptors (Lipinski definition) is 3. The van der Waals surface area contributed by atoms with Crippen LogP contribution in [0.15, 0.2) is 18.2 Å². The highest BCUT2D eigenvalue weighted by Crippen LogP contribution is 2.17. The van der Waals surface area contributed by atoms with Crippen molar-refractivity contribution < 1.29 is 14.0 Å². The highest BCUT2D eigenvalue weighted by atomic mass is 19.1. The van der Waals surface area contributed by atoms with Crippen LogP contribution in [0.3, 0.4) is 0 Å². The molecule has 5 N–H and O–H groups in total. The van der Waals surface area contributed by atoms with Crippen molar-refractivity contribution in [3.8, 4) is 0 Å². The average Bonchev–Trinajstić information content (AvgIpc) is 2.38. The number of hydrogen-bond donors (Lipinski definition) is 3. The number of amides is 2. The molecule has 2 atom stereocenters. The summed E-state index contributed by atoms with van der Waals surface area (Å²) >= 11 is 0. The summed E-state index contributed by atoms with van der Waals surface area (Å²) in [6.07, 6.45) is 0.735. The van der Waals surface area contributed by atoms with Crippen LogP contribution in [-0.2, 0) is 4.79 Å². The monoisotopic (exact) mass is 267 g/mol. The zero-order valence-corrected chi connectivity index (χ0v) is 10.9. The number of rotatable bonds is 5. The Balaban J connectivity index is 2.90. The van der Waals surface area contributed by atoms with Gasteiger partial charge in [0, 0.05) is 5.56 Å². The molecular weight excluding hydrogens is 249 g/mol. The van der Waals surface area contributed by atoms with Crippen molar-refractivity contribution in [2.75, 3.05) is 5.32 Å². The van der Waals surface area contributed by atoms with Crippen LogP contribution in [0.1, 0.15) is 30.6 Å². The molecule has 0 heterocycles. The molecule has 6 heteroatoms. The van der Waals surface area contributed by atoms with Crippen LogP contribution < -0.4 is 16.8 Å². The normalized spacial score (nSPS) is 13.7. The first-order valence-electron chi connectivity index (χ1n) is 6.02. The van der Waals surface area contributed by atoms with Crippen molar-refractivity contribution in [2.24, 2.45) is 17.4 Å². The van der Waals surface area contributed by atoms with Gasteiger partial charge in [-0.3, -0.25) is 9.59 Å². The number of carbonyl (C=O) groups excluding carboxylic acids is 2. The summed E-state index contributed by atoms with van der Waals surface area (Å²) < 4.78 is 13.5. The fourth-order valence-corrected chi connectivity index (χ4v) is 1.50. The summed E-state index contributed by atoms with van der Waals surface area (Å²) in [5.41, 5.74) is 10.9. The Kier molecular flexibility index (Phi) is 5.00. The van der Waals surface area contributed by atoms with Crippen LogP contribution in [0.4, 0.5) is 10.1 Å². The SMILES string of the molecule is CCC(C)C(N)C(=O)Nc1cc(C(N)=O)ccc1F. The lowest BCUT2D eigenvalue weighted by Crippen LogP contribution is -2.40. The van der Waals surface area contributed by atoms with Gasteiger partial charge >= 0.3 is 0 Å². The van der Waals surface area contributed by atoms with Gasteiger partial charge in [0.15, 0.2) is 0 Å². The molecule has 0 aliphatic rings. The maximum absolute atomic E-state index is 13.5. The predicted molar refractivity (Wildman–Crippen MR) is 71.0 cm³/mol. The molecule has 0 saturated heterocycles. The van der Waals surface area contributed by atoms with E-state index in [1.807, 2.05) is 13.8 Å². The van der Waals surface area contributed by atoms with E-state index in [2.05, 4.69) is 5.32 Å². The molecule has 1 aromatic carbocycles. The van der Waals surface area contributed by atoms with Gasteiger partial charge in [0.25, 0.3) is 0 Å². The topological polar surface area (TPSA) is 98.2 Å². The Labute approximate surface area is 111 Å². The van der Waals surface area contributed by atoms with Gasteiger partial charge in [0.2, 0.25) is 11.8 Å². The lowest BCUT2D eigenvalue weighted by Gasteiger charge is -2.18. The number of nitrogens with two attached hydrogens (primary N) is 2. The fraction of sp³-hybridized carbons (Fsp3) is 0.385. The van der Waals surface area contributed by atoms with E-state index in [1.54, 1.807) is 0 Å². The van der Waals surface area contributed by atoms with Gasteiger partial charge in [-0.2, -0.15) is 0 Å². The van der Waals surface area contributed by atoms with Crippen molar-refractivity contribution in [3.63, 3.8) is 0 Å². The number of halogens is 1. The summed E-state index contributed by atoms with van der Waals surface area (Å²) in [7, 11) is 0. The number of nitrogens with one attached hydrogen (secondary N) is 1. The Morgan fingerprint density at radius 1 is 1.42 bits per heavy atom. The molecule has 0 bridgehead atoms. The van der Waals surface area contributed by atoms with Crippen LogP contribution in [-0.4, -0.2) is 17.9 Å². The van der Waals surface area contributed by atoms with Crippen molar-refractivity contribution >= 4 is 17.5 Å². The molecule has 1 rings (SSSR count). The van der Waals surface area contributed by atoms with Gasteiger partial charge < -0.3 is 16.8 Å². The van der Waals surface area contributed by atoms with Crippen molar-refractivity contribution in [3.05, 3.63) is 29.6 Å². The summed E-state index contributed by atoms with van der Waals surface area (Å²) in [6, 6.07) is 2.78. The predicted octanol–water partition coefficient (Wildman–Crippen LogP) is 1.24. The molecule has 19 heavy (non-hydrogen) atoms. The van der Waals surface area contributed by atoms with E-state index < -0.39 is 23.7 Å². The molecule has 0 aliphatic carbocycles. The summed E-state index contributed by atoms with van der Waals surface area (Å²) in [4.78, 5) is 22.8. The Morgan fingerprint density at radius 3 is 2.58 bits per heavy atom. The van der Waals surface area contributed by atoms with E-state index >= 15 is 0 Å². The molecule has 5 nitrogen and oxygen atoms in total. The van der Waals surface area contributed by atoms with Crippen LogP contribution in [0, 0.1) is 11.7 Å². The average molecular weight is 267 g/mol. The molecule has 2 unspecified atom stereocenters. The maximum atomic E-state index is 13.5. The van der Waals surface area contributed by atoms with Crippen molar-refractivity contribution in [1.29, 1.82) is 0 Å². The first-order chi connectivity index (χ1) is 8.86. The largest absolute Gasteiger partial charge is 0.366 e. The minimum atomic E-state index is -0.735. The number of primary amides is 1. The third-order valence-corrected chi connectivity index (χ3v) is 3.07. The number of anilines is 1. The summed E-state index contributed by atoms with van der Waals surface area (Å²) in [5, 5.41) is 2.37. The zero-order chi connectivity index (χ0) is 14.6. The number of benzene rings is 1. The summed E-state index contributed by atoms with van der Waals surface area (Å²) in [5.74, 6) is -1.85. The highest BCUT2D eigenvalue weighted by Gasteiger charge is 2.20. The van der Waals surface area contributed by atoms with E-state index in [-0.39, 0.29) is 17.2 Å². The Morgan fingerprint density at radius 2 is 2.05 bits per heavy atom. The van der Waals surface area contributed by atoms with E-state index in [1.165, 1.54) is 12.1 Å². The second-order valence-corrected chi connectivity index (χ2v) is 4.46. The van der Waals surface area contributed by atoms with Crippen LogP contribution in [0.25, 0.3) is 0 Å². The second kappa shape index (κ2) is 6.29. The molecule has 104 valence electrons. The lowest BCUT2D eigenvalue weighted by molar-refractivity contribution is -0.118. The van der Waals surface area contributed by atoms with Crippen molar-refractivity contribution in [1.82, 2.24) is 0 Å². The molecule has 0 fully saturated rings. The first-order valence-corrected chi connectivity index (χ1v) is 6.02. The first kappa shape index (κ1) is 15.1. The highest BCUT2D eigenvalue weighted by molar-refractivity contribution is 5.98. The third-order valence-electron chi connectivity index (χ3n) is 3.07. The Bertz CT molecular complexity index is 491. The molecule has 0 saturated carbocycles. The summed E-state index contributed by atoms with van der Waals surface area (Å²) in [6.45, 7) is 3.74. The Hall–Kier alpha value is -1.95. The quantitative estimate of drug-likeness (QED) is 0.748. The minimum absolute atomic E-state index is 0.0256. The fourth-order valence-electron chi connectivity index (χ4n) is 1.50. The smallest absolute Gasteiger partial charge is 0.248 e. The van der Waals surface area contributed by atoms with E-state index in [0.717, 1.165) is 12.5 Å². The molecule has 0 aromatic heterocycles. The maximum Gasteiger partial charge on any atom is 0.248 e. The van der Waals surface area contributed by atoms with Gasteiger partial charge in [-0.25, -0.2) is 4.39 Å².